The summed E-state index contributed by atoms with van der Waals surface area (Å²) in [5.74, 6) is -0.428. The second-order valence-corrected chi connectivity index (χ2v) is 6.20. The number of sulfonamides is 1. The van der Waals surface area contributed by atoms with Crippen LogP contribution in [0.5, 0.6) is 0 Å². The van der Waals surface area contributed by atoms with E-state index in [4.69, 9.17) is 0 Å². The number of carbonyl (C=O) groups excluding carboxylic acids is 1. The fourth-order valence-electron chi connectivity index (χ4n) is 1.94. The molecule has 2 N–H and O–H groups in total. The Morgan fingerprint density at radius 3 is 2.89 bits per heavy atom. The van der Waals surface area contributed by atoms with E-state index in [0.717, 1.165) is 5.56 Å². The fourth-order valence-corrected chi connectivity index (χ4v) is 3.02. The van der Waals surface area contributed by atoms with Crippen molar-refractivity contribution in [2.75, 3.05) is 11.9 Å². The van der Waals surface area contributed by atoms with Crippen LogP contribution in [0.15, 0.2) is 35.7 Å². The first-order valence-corrected chi connectivity index (χ1v) is 7.49. The van der Waals surface area contributed by atoms with Gasteiger partial charge in [-0.25, -0.2) is 13.1 Å². The van der Waals surface area contributed by atoms with Crippen molar-refractivity contribution in [1.29, 1.82) is 0 Å². The molecule has 1 aliphatic heterocycles. The molecule has 1 heterocycles. The van der Waals surface area contributed by atoms with Gasteiger partial charge in [0, 0.05) is 12.2 Å². The number of hydrogen-bond acceptors (Lipinski definition) is 3. The molecule has 19 heavy (non-hydrogen) atoms. The van der Waals surface area contributed by atoms with Gasteiger partial charge in [0.25, 0.3) is 0 Å². The van der Waals surface area contributed by atoms with E-state index in [0.29, 0.717) is 18.7 Å². The van der Waals surface area contributed by atoms with Crippen molar-refractivity contribution in [3.8, 4) is 0 Å². The molecule has 0 saturated heterocycles. The van der Waals surface area contributed by atoms with Crippen LogP contribution in [-0.4, -0.2) is 20.9 Å². The molecular formula is C13H16N2O3S. The number of carbonyl (C=O) groups is 1. The van der Waals surface area contributed by atoms with Crippen molar-refractivity contribution in [2.45, 2.75) is 24.2 Å². The van der Waals surface area contributed by atoms with Crippen LogP contribution >= 0.6 is 0 Å². The van der Waals surface area contributed by atoms with E-state index in [2.05, 4.69) is 16.6 Å². The van der Waals surface area contributed by atoms with Crippen LogP contribution in [0.1, 0.15) is 24.8 Å². The maximum absolute atomic E-state index is 12.0. The summed E-state index contributed by atoms with van der Waals surface area (Å²) in [4.78, 5) is 11.7. The van der Waals surface area contributed by atoms with Crippen LogP contribution < -0.4 is 10.0 Å². The van der Waals surface area contributed by atoms with Crippen molar-refractivity contribution in [3.63, 3.8) is 0 Å². The van der Waals surface area contributed by atoms with Gasteiger partial charge in [-0.05, 0) is 37.1 Å². The number of fused-ring (bicyclic) bond motifs is 1. The Balaban J connectivity index is 2.28. The molecule has 1 aliphatic rings. The van der Waals surface area contributed by atoms with Crippen molar-refractivity contribution in [1.82, 2.24) is 4.72 Å². The van der Waals surface area contributed by atoms with Crippen LogP contribution in [0.4, 0.5) is 5.69 Å². The maximum atomic E-state index is 12.0. The van der Waals surface area contributed by atoms with Crippen LogP contribution in [0.2, 0.25) is 0 Å². The summed E-state index contributed by atoms with van der Waals surface area (Å²) >= 11 is 0. The Labute approximate surface area is 112 Å². The van der Waals surface area contributed by atoms with Gasteiger partial charge in [-0.1, -0.05) is 6.08 Å². The van der Waals surface area contributed by atoms with Gasteiger partial charge < -0.3 is 5.32 Å². The summed E-state index contributed by atoms with van der Waals surface area (Å²) in [6, 6.07) is 4.67. The molecule has 0 aliphatic carbocycles. The number of anilines is 1. The Bertz CT molecular complexity index is 623. The summed E-state index contributed by atoms with van der Waals surface area (Å²) in [5, 5.41) is 2.71. The largest absolute Gasteiger partial charge is 0.325 e. The normalized spacial score (nSPS) is 17.9. The highest BCUT2D eigenvalue weighted by molar-refractivity contribution is 7.89. The molecular weight excluding hydrogens is 264 g/mol. The number of rotatable bonds is 5. The third kappa shape index (κ3) is 2.69. The van der Waals surface area contributed by atoms with E-state index in [-0.39, 0.29) is 16.7 Å². The highest BCUT2D eigenvalue weighted by Crippen LogP contribution is 2.33. The summed E-state index contributed by atoms with van der Waals surface area (Å²) in [7, 11) is -3.53. The molecule has 0 saturated carbocycles. The highest BCUT2D eigenvalue weighted by Gasteiger charge is 2.28. The van der Waals surface area contributed by atoms with Gasteiger partial charge in [0.05, 0.1) is 10.8 Å². The van der Waals surface area contributed by atoms with Crippen molar-refractivity contribution < 1.29 is 13.2 Å². The Kier molecular flexibility index (Phi) is 3.73. The van der Waals surface area contributed by atoms with E-state index in [9.17, 15) is 13.2 Å². The number of benzene rings is 1. The van der Waals surface area contributed by atoms with Gasteiger partial charge in [-0.15, -0.1) is 6.58 Å². The van der Waals surface area contributed by atoms with E-state index in [1.807, 2.05) is 0 Å². The van der Waals surface area contributed by atoms with Crippen LogP contribution in [0.25, 0.3) is 0 Å². The van der Waals surface area contributed by atoms with Crippen molar-refractivity contribution in [3.05, 3.63) is 36.4 Å². The van der Waals surface area contributed by atoms with Crippen LogP contribution in [0.3, 0.4) is 0 Å². The zero-order valence-electron chi connectivity index (χ0n) is 10.6. The highest BCUT2D eigenvalue weighted by atomic mass is 32.2. The van der Waals surface area contributed by atoms with Gasteiger partial charge in [0.1, 0.15) is 0 Å². The summed E-state index contributed by atoms with van der Waals surface area (Å²) in [6.45, 7) is 5.61. The second kappa shape index (κ2) is 5.14. The fraction of sp³-hybridized carbons (Fsp3) is 0.308. The molecule has 0 bridgehead atoms. The lowest BCUT2D eigenvalue weighted by molar-refractivity contribution is -0.116. The predicted octanol–water partition coefficient (Wildman–Crippen LogP) is 1.60. The van der Waals surface area contributed by atoms with Gasteiger partial charge in [-0.3, -0.25) is 4.79 Å². The molecule has 1 aromatic carbocycles. The van der Waals surface area contributed by atoms with Gasteiger partial charge >= 0.3 is 0 Å². The predicted molar refractivity (Wildman–Crippen MR) is 73.5 cm³/mol. The molecule has 0 aromatic heterocycles. The summed E-state index contributed by atoms with van der Waals surface area (Å²) in [5.41, 5.74) is 1.40. The van der Waals surface area contributed by atoms with E-state index < -0.39 is 10.0 Å². The standard InChI is InChI=1S/C13H16N2O3S/c1-3-4-7-14-19(17,18)10-5-6-12-11(8-10)9(2)13(16)15-12/h3,5-6,8-9,14H,1,4,7H2,2H3,(H,15,16). The van der Waals surface area contributed by atoms with Crippen molar-refractivity contribution in [2.24, 2.45) is 0 Å². The molecule has 0 spiro atoms. The average Bonchev–Trinajstić information content (AvgIpc) is 2.65. The molecule has 1 unspecified atom stereocenters. The zero-order chi connectivity index (χ0) is 14.0. The van der Waals surface area contributed by atoms with E-state index >= 15 is 0 Å². The van der Waals surface area contributed by atoms with E-state index in [1.54, 1.807) is 25.1 Å². The van der Waals surface area contributed by atoms with Crippen LogP contribution in [0, 0.1) is 0 Å². The number of nitrogens with one attached hydrogen (secondary N) is 2. The molecule has 1 aromatic rings. The van der Waals surface area contributed by atoms with Gasteiger partial charge in [-0.2, -0.15) is 0 Å². The third-order valence-electron chi connectivity index (χ3n) is 3.09. The SMILES string of the molecule is C=CCCNS(=O)(=O)c1ccc2c(c1)C(C)C(=O)N2. The number of hydrogen-bond donors (Lipinski definition) is 2. The molecule has 2 rings (SSSR count). The first kappa shape index (κ1) is 13.8. The lowest BCUT2D eigenvalue weighted by atomic mass is 10.0. The van der Waals surface area contributed by atoms with Gasteiger partial charge in [0.2, 0.25) is 15.9 Å². The lowest BCUT2D eigenvalue weighted by Crippen LogP contribution is -2.24. The molecule has 6 heteroatoms. The van der Waals surface area contributed by atoms with E-state index in [1.165, 1.54) is 6.07 Å². The molecule has 0 fully saturated rings. The van der Waals surface area contributed by atoms with Gasteiger partial charge in [0.15, 0.2) is 0 Å². The second-order valence-electron chi connectivity index (χ2n) is 4.44. The molecule has 5 nitrogen and oxygen atoms in total. The minimum absolute atomic E-state index is 0.107. The first-order chi connectivity index (χ1) is 8.95. The Morgan fingerprint density at radius 1 is 1.47 bits per heavy atom. The summed E-state index contributed by atoms with van der Waals surface area (Å²) in [6.07, 6.45) is 2.22. The third-order valence-corrected chi connectivity index (χ3v) is 4.55. The zero-order valence-corrected chi connectivity index (χ0v) is 11.5. The molecule has 0 radical (unpaired) electrons. The average molecular weight is 280 g/mol. The molecule has 102 valence electrons. The quantitative estimate of drug-likeness (QED) is 0.635. The van der Waals surface area contributed by atoms with Crippen molar-refractivity contribution >= 4 is 21.6 Å². The molecule has 1 atom stereocenters. The minimum atomic E-state index is -3.53. The molecule has 1 amide bonds. The smallest absolute Gasteiger partial charge is 0.240 e. The first-order valence-electron chi connectivity index (χ1n) is 6.01. The monoisotopic (exact) mass is 280 g/mol. The number of amides is 1. The summed E-state index contributed by atoms with van der Waals surface area (Å²) < 4.78 is 26.6. The topological polar surface area (TPSA) is 75.3 Å². The van der Waals surface area contributed by atoms with Crippen LogP contribution in [-0.2, 0) is 14.8 Å². The minimum Gasteiger partial charge on any atom is -0.325 e. The Hall–Kier alpha value is -1.66. The maximum Gasteiger partial charge on any atom is 0.240 e. The Morgan fingerprint density at radius 2 is 2.21 bits per heavy atom. The lowest BCUT2D eigenvalue weighted by Gasteiger charge is -2.08.